The Morgan fingerprint density at radius 3 is 2.48 bits per heavy atom. The standard InChI is InChI=1S/C13H5Cl2F3N2O/c14-7-3-1-2-6-4-9(21-11(6)7)8-5-10(13(16,17)18)20-12(15)19-8/h1-5H. The lowest BCUT2D eigenvalue weighted by Gasteiger charge is -2.06. The van der Waals surface area contributed by atoms with E-state index in [1.807, 2.05) is 0 Å². The van der Waals surface area contributed by atoms with E-state index in [-0.39, 0.29) is 11.5 Å². The molecule has 0 aliphatic heterocycles. The lowest BCUT2D eigenvalue weighted by Crippen LogP contribution is -2.09. The second-order valence-corrected chi connectivity index (χ2v) is 4.92. The van der Waals surface area contributed by atoms with Crippen molar-refractivity contribution in [2.24, 2.45) is 0 Å². The van der Waals surface area contributed by atoms with Crippen LogP contribution in [0.3, 0.4) is 0 Å². The Morgan fingerprint density at radius 2 is 1.81 bits per heavy atom. The van der Waals surface area contributed by atoms with Gasteiger partial charge in [0.05, 0.1) is 5.02 Å². The summed E-state index contributed by atoms with van der Waals surface area (Å²) in [5.74, 6) is 0.132. The quantitative estimate of drug-likeness (QED) is 0.574. The molecule has 0 aliphatic carbocycles. The van der Waals surface area contributed by atoms with Crippen molar-refractivity contribution >= 4 is 34.2 Å². The summed E-state index contributed by atoms with van der Waals surface area (Å²) in [5.41, 5.74) is -0.823. The Kier molecular flexibility index (Phi) is 3.30. The van der Waals surface area contributed by atoms with Gasteiger partial charge < -0.3 is 4.42 Å². The van der Waals surface area contributed by atoms with Crippen LogP contribution < -0.4 is 0 Å². The van der Waals surface area contributed by atoms with Crippen LogP contribution in [-0.4, -0.2) is 9.97 Å². The van der Waals surface area contributed by atoms with Gasteiger partial charge in [-0.3, -0.25) is 0 Å². The zero-order valence-corrected chi connectivity index (χ0v) is 11.6. The summed E-state index contributed by atoms with van der Waals surface area (Å²) in [5, 5.41) is 0.502. The fourth-order valence-electron chi connectivity index (χ4n) is 1.84. The van der Waals surface area contributed by atoms with Crippen molar-refractivity contribution in [1.82, 2.24) is 9.97 Å². The Balaban J connectivity index is 2.18. The van der Waals surface area contributed by atoms with E-state index in [1.54, 1.807) is 24.3 Å². The smallest absolute Gasteiger partial charge is 0.433 e. The van der Waals surface area contributed by atoms with Crippen molar-refractivity contribution < 1.29 is 17.6 Å². The number of hydrogen-bond acceptors (Lipinski definition) is 3. The summed E-state index contributed by atoms with van der Waals surface area (Å²) in [6.45, 7) is 0. The first-order valence-electron chi connectivity index (χ1n) is 5.65. The number of fused-ring (bicyclic) bond motifs is 1. The van der Waals surface area contributed by atoms with Gasteiger partial charge in [-0.25, -0.2) is 9.97 Å². The van der Waals surface area contributed by atoms with Crippen LogP contribution >= 0.6 is 23.2 Å². The predicted molar refractivity (Wildman–Crippen MR) is 72.3 cm³/mol. The van der Waals surface area contributed by atoms with E-state index in [4.69, 9.17) is 27.6 Å². The second-order valence-electron chi connectivity index (χ2n) is 4.17. The summed E-state index contributed by atoms with van der Waals surface area (Å²) < 4.78 is 43.7. The Bertz CT molecular complexity index is 830. The van der Waals surface area contributed by atoms with Crippen LogP contribution in [0.15, 0.2) is 34.7 Å². The average Bonchev–Trinajstić information content (AvgIpc) is 2.82. The van der Waals surface area contributed by atoms with E-state index in [0.29, 0.717) is 16.0 Å². The molecule has 3 aromatic rings. The van der Waals surface area contributed by atoms with Gasteiger partial charge in [0.1, 0.15) is 11.4 Å². The minimum atomic E-state index is -4.62. The van der Waals surface area contributed by atoms with E-state index in [0.717, 1.165) is 6.07 Å². The molecule has 1 aromatic carbocycles. The second kappa shape index (κ2) is 4.89. The molecule has 0 atom stereocenters. The van der Waals surface area contributed by atoms with Crippen molar-refractivity contribution in [3.05, 3.63) is 46.3 Å². The number of rotatable bonds is 1. The highest BCUT2D eigenvalue weighted by Crippen LogP contribution is 2.34. The van der Waals surface area contributed by atoms with Crippen LogP contribution in [0.2, 0.25) is 10.3 Å². The molecule has 0 N–H and O–H groups in total. The van der Waals surface area contributed by atoms with Gasteiger partial charge in [0.15, 0.2) is 11.3 Å². The van der Waals surface area contributed by atoms with E-state index < -0.39 is 17.2 Å². The maximum absolute atomic E-state index is 12.7. The number of hydrogen-bond donors (Lipinski definition) is 0. The number of halogens is 5. The third-order valence-electron chi connectivity index (χ3n) is 2.74. The van der Waals surface area contributed by atoms with Crippen molar-refractivity contribution in [1.29, 1.82) is 0 Å². The summed E-state index contributed by atoms with van der Waals surface area (Å²) in [4.78, 5) is 6.92. The molecule has 2 aromatic heterocycles. The molecule has 0 bridgehead atoms. The van der Waals surface area contributed by atoms with Crippen molar-refractivity contribution in [3.8, 4) is 11.5 Å². The summed E-state index contributed by atoms with van der Waals surface area (Å²) in [6.07, 6.45) is -4.62. The number of nitrogens with zero attached hydrogens (tertiary/aromatic N) is 2. The number of para-hydroxylation sites is 1. The molecule has 0 saturated carbocycles. The lowest BCUT2D eigenvalue weighted by atomic mass is 10.2. The average molecular weight is 333 g/mol. The molecule has 0 amide bonds. The van der Waals surface area contributed by atoms with Crippen LogP contribution in [0, 0.1) is 0 Å². The Hall–Kier alpha value is -1.79. The molecule has 0 radical (unpaired) electrons. The van der Waals surface area contributed by atoms with Crippen LogP contribution in [0.4, 0.5) is 13.2 Å². The van der Waals surface area contributed by atoms with E-state index in [2.05, 4.69) is 9.97 Å². The Labute approximate surface area is 126 Å². The van der Waals surface area contributed by atoms with E-state index >= 15 is 0 Å². The maximum Gasteiger partial charge on any atom is 0.433 e. The van der Waals surface area contributed by atoms with Crippen LogP contribution in [0.5, 0.6) is 0 Å². The zero-order valence-electron chi connectivity index (χ0n) is 10.1. The van der Waals surface area contributed by atoms with Crippen LogP contribution in [0.1, 0.15) is 5.69 Å². The van der Waals surface area contributed by atoms with Gasteiger partial charge in [-0.1, -0.05) is 23.7 Å². The predicted octanol–water partition coefficient (Wildman–Crippen LogP) is 5.22. The molecule has 2 heterocycles. The first kappa shape index (κ1) is 14.2. The fraction of sp³-hybridized carbons (Fsp3) is 0.0769. The minimum absolute atomic E-state index is 0.0606. The third kappa shape index (κ3) is 2.69. The molecule has 3 nitrogen and oxygen atoms in total. The Morgan fingerprint density at radius 1 is 1.05 bits per heavy atom. The molecule has 0 saturated heterocycles. The molecule has 8 heteroatoms. The molecule has 0 unspecified atom stereocenters. The molecule has 108 valence electrons. The van der Waals surface area contributed by atoms with Gasteiger partial charge in [-0.15, -0.1) is 0 Å². The topological polar surface area (TPSA) is 38.9 Å². The third-order valence-corrected chi connectivity index (χ3v) is 3.20. The molecule has 0 aliphatic rings. The molecular formula is C13H5Cl2F3N2O. The normalized spacial score (nSPS) is 12.0. The highest BCUT2D eigenvalue weighted by Gasteiger charge is 2.34. The monoisotopic (exact) mass is 332 g/mol. The van der Waals surface area contributed by atoms with Gasteiger partial charge in [-0.2, -0.15) is 13.2 Å². The number of aromatic nitrogens is 2. The maximum atomic E-state index is 12.7. The first-order chi connectivity index (χ1) is 9.84. The van der Waals surface area contributed by atoms with E-state index in [9.17, 15) is 13.2 Å². The number of furan rings is 1. The largest absolute Gasteiger partial charge is 0.453 e. The van der Waals surface area contributed by atoms with Gasteiger partial charge in [-0.05, 0) is 29.8 Å². The molecule has 0 spiro atoms. The summed E-state index contributed by atoms with van der Waals surface area (Å²) in [6, 6.07) is 7.36. The summed E-state index contributed by atoms with van der Waals surface area (Å²) >= 11 is 11.5. The number of benzene rings is 1. The summed E-state index contributed by atoms with van der Waals surface area (Å²) in [7, 11) is 0. The molecule has 0 fully saturated rings. The van der Waals surface area contributed by atoms with E-state index in [1.165, 1.54) is 0 Å². The van der Waals surface area contributed by atoms with Crippen LogP contribution in [0.25, 0.3) is 22.4 Å². The van der Waals surface area contributed by atoms with Crippen molar-refractivity contribution in [2.75, 3.05) is 0 Å². The van der Waals surface area contributed by atoms with Gasteiger partial charge in [0.25, 0.3) is 0 Å². The minimum Gasteiger partial charge on any atom is -0.453 e. The highest BCUT2D eigenvalue weighted by molar-refractivity contribution is 6.34. The van der Waals surface area contributed by atoms with Gasteiger partial charge in [0.2, 0.25) is 5.28 Å². The lowest BCUT2D eigenvalue weighted by molar-refractivity contribution is -0.141. The molecule has 3 rings (SSSR count). The van der Waals surface area contributed by atoms with Gasteiger partial charge >= 0.3 is 6.18 Å². The molecule has 21 heavy (non-hydrogen) atoms. The fourth-order valence-corrected chi connectivity index (χ4v) is 2.25. The van der Waals surface area contributed by atoms with Crippen LogP contribution in [-0.2, 0) is 6.18 Å². The molecular weight excluding hydrogens is 328 g/mol. The van der Waals surface area contributed by atoms with Gasteiger partial charge in [0, 0.05) is 5.39 Å². The highest BCUT2D eigenvalue weighted by atomic mass is 35.5. The number of alkyl halides is 3. The van der Waals surface area contributed by atoms with Crippen molar-refractivity contribution in [3.63, 3.8) is 0 Å². The van der Waals surface area contributed by atoms with Crippen molar-refractivity contribution in [2.45, 2.75) is 6.18 Å². The zero-order chi connectivity index (χ0) is 15.2. The first-order valence-corrected chi connectivity index (χ1v) is 6.40. The SMILES string of the molecule is FC(F)(F)c1cc(-c2cc3cccc(Cl)c3o2)nc(Cl)n1.